The van der Waals surface area contributed by atoms with E-state index in [4.69, 9.17) is 0 Å². The van der Waals surface area contributed by atoms with E-state index in [0.717, 1.165) is 18.3 Å². The molecule has 0 bridgehead atoms. The summed E-state index contributed by atoms with van der Waals surface area (Å²) in [5.41, 5.74) is 4.65. The molecule has 0 aliphatic carbocycles. The Balaban J connectivity index is 4.64. The van der Waals surface area contributed by atoms with Gasteiger partial charge < -0.3 is 5.32 Å². The number of hydrogen-bond donors (Lipinski definition) is 1. The average Bonchev–Trinajstić information content (AvgIpc) is 2.65. The van der Waals surface area contributed by atoms with Gasteiger partial charge in [-0.3, -0.25) is 0 Å². The van der Waals surface area contributed by atoms with Crippen LogP contribution in [0.3, 0.4) is 0 Å². The number of allylic oxidation sites excluding steroid dienone is 3. The van der Waals surface area contributed by atoms with Gasteiger partial charge in [-0.15, -0.1) is 0 Å². The van der Waals surface area contributed by atoms with Gasteiger partial charge in [-0.05, 0) is 82.9 Å². The lowest BCUT2D eigenvalue weighted by Gasteiger charge is -2.26. The number of unbranched alkanes of at least 4 members (excludes halogenated alkanes) is 3. The van der Waals surface area contributed by atoms with Crippen molar-refractivity contribution in [3.05, 3.63) is 22.8 Å². The first kappa shape index (κ1) is 25.4. The zero-order valence-corrected chi connectivity index (χ0v) is 19.4. The minimum Gasteiger partial charge on any atom is -0.314 e. The molecule has 0 rings (SSSR count). The number of nitrogens with one attached hydrogen (secondary N) is 1. The van der Waals surface area contributed by atoms with Crippen molar-refractivity contribution in [2.45, 2.75) is 119 Å². The van der Waals surface area contributed by atoms with Gasteiger partial charge in [-0.2, -0.15) is 0 Å². The van der Waals surface area contributed by atoms with E-state index in [1.54, 1.807) is 5.57 Å². The summed E-state index contributed by atoms with van der Waals surface area (Å²) in [6.07, 6.45) is 14.1. The summed E-state index contributed by atoms with van der Waals surface area (Å²) in [6.45, 7) is 19.7. The van der Waals surface area contributed by atoms with Gasteiger partial charge in [-0.1, -0.05) is 71.4 Å². The molecule has 1 N–H and O–H groups in total. The van der Waals surface area contributed by atoms with Crippen LogP contribution in [0.15, 0.2) is 22.8 Å². The Morgan fingerprint density at radius 3 is 2.15 bits per heavy atom. The lowest BCUT2D eigenvalue weighted by Crippen LogP contribution is -2.34. The zero-order chi connectivity index (χ0) is 19.9. The van der Waals surface area contributed by atoms with Crippen molar-refractivity contribution in [2.75, 3.05) is 6.54 Å². The summed E-state index contributed by atoms with van der Waals surface area (Å²) in [5, 5.41) is 3.85. The van der Waals surface area contributed by atoms with E-state index in [0.29, 0.717) is 6.04 Å². The summed E-state index contributed by atoms with van der Waals surface area (Å²) in [7, 11) is 0. The monoisotopic (exact) mass is 363 g/mol. The first-order valence-electron chi connectivity index (χ1n) is 11.5. The Morgan fingerprint density at radius 1 is 0.962 bits per heavy atom. The van der Waals surface area contributed by atoms with E-state index in [9.17, 15) is 0 Å². The molecule has 0 heterocycles. The van der Waals surface area contributed by atoms with Crippen LogP contribution in [0.4, 0.5) is 0 Å². The van der Waals surface area contributed by atoms with Gasteiger partial charge in [0.15, 0.2) is 0 Å². The SMILES string of the molecule is CC=C(CC(C)NCC(CCCC)C(C)CC)C(C)=C(C)CCCCC. The lowest BCUT2D eigenvalue weighted by atomic mass is 9.87. The smallest absolute Gasteiger partial charge is 0.00792 e. The molecule has 1 heteroatoms. The topological polar surface area (TPSA) is 12.0 Å². The molecule has 0 amide bonds. The average molecular weight is 364 g/mol. The van der Waals surface area contributed by atoms with Gasteiger partial charge in [0.25, 0.3) is 0 Å². The second kappa shape index (κ2) is 15.5. The highest BCUT2D eigenvalue weighted by Gasteiger charge is 2.17. The van der Waals surface area contributed by atoms with E-state index in [1.807, 2.05) is 0 Å². The highest BCUT2D eigenvalue weighted by Crippen LogP contribution is 2.24. The predicted molar refractivity (Wildman–Crippen MR) is 121 cm³/mol. The zero-order valence-electron chi connectivity index (χ0n) is 19.4. The van der Waals surface area contributed by atoms with Gasteiger partial charge >= 0.3 is 0 Å². The maximum absolute atomic E-state index is 3.85. The molecule has 0 aromatic heterocycles. The minimum absolute atomic E-state index is 0.549. The molecular weight excluding hydrogens is 314 g/mol. The van der Waals surface area contributed by atoms with Crippen LogP contribution in [0, 0.1) is 11.8 Å². The van der Waals surface area contributed by atoms with Gasteiger partial charge in [0.1, 0.15) is 0 Å². The molecule has 0 saturated carbocycles. The Bertz CT molecular complexity index is 404. The van der Waals surface area contributed by atoms with Crippen molar-refractivity contribution in [1.29, 1.82) is 0 Å². The third kappa shape index (κ3) is 10.6. The Labute approximate surface area is 166 Å². The summed E-state index contributed by atoms with van der Waals surface area (Å²) in [6, 6.07) is 0.549. The van der Waals surface area contributed by atoms with Gasteiger partial charge in [-0.25, -0.2) is 0 Å². The lowest BCUT2D eigenvalue weighted by molar-refractivity contribution is 0.295. The maximum Gasteiger partial charge on any atom is 0.00792 e. The molecule has 3 unspecified atom stereocenters. The van der Waals surface area contributed by atoms with Crippen LogP contribution in [0.1, 0.15) is 113 Å². The van der Waals surface area contributed by atoms with Crippen LogP contribution < -0.4 is 5.32 Å². The van der Waals surface area contributed by atoms with Crippen molar-refractivity contribution in [3.63, 3.8) is 0 Å². The standard InChI is InChI=1S/C25H49N/c1-9-13-15-16-21(6)23(8)24(12-4)18-22(7)26-19-25(17-14-10-2)20(5)11-3/h12,20,22,25-26H,9-11,13-19H2,1-8H3. The van der Waals surface area contributed by atoms with Gasteiger partial charge in [0, 0.05) is 6.04 Å². The fourth-order valence-corrected chi connectivity index (χ4v) is 3.73. The Hall–Kier alpha value is -0.560. The minimum atomic E-state index is 0.549. The first-order valence-corrected chi connectivity index (χ1v) is 11.5. The summed E-state index contributed by atoms with van der Waals surface area (Å²) >= 11 is 0. The largest absolute Gasteiger partial charge is 0.314 e. The molecule has 26 heavy (non-hydrogen) atoms. The summed E-state index contributed by atoms with van der Waals surface area (Å²) in [4.78, 5) is 0. The third-order valence-electron chi connectivity index (χ3n) is 6.26. The van der Waals surface area contributed by atoms with E-state index >= 15 is 0 Å². The molecule has 1 nitrogen and oxygen atoms in total. The molecule has 0 aromatic carbocycles. The third-order valence-corrected chi connectivity index (χ3v) is 6.26. The van der Waals surface area contributed by atoms with Crippen LogP contribution in [-0.4, -0.2) is 12.6 Å². The van der Waals surface area contributed by atoms with Crippen LogP contribution in [0.2, 0.25) is 0 Å². The van der Waals surface area contributed by atoms with Crippen LogP contribution in [-0.2, 0) is 0 Å². The second-order valence-electron chi connectivity index (χ2n) is 8.48. The molecular formula is C25H49N. The van der Waals surface area contributed by atoms with E-state index in [1.165, 1.54) is 69.1 Å². The fourth-order valence-electron chi connectivity index (χ4n) is 3.73. The highest BCUT2D eigenvalue weighted by molar-refractivity contribution is 5.33. The van der Waals surface area contributed by atoms with Crippen molar-refractivity contribution in [1.82, 2.24) is 5.32 Å². The van der Waals surface area contributed by atoms with Gasteiger partial charge in [0.2, 0.25) is 0 Å². The Kier molecular flexibility index (Phi) is 15.2. The van der Waals surface area contributed by atoms with Crippen LogP contribution in [0.5, 0.6) is 0 Å². The van der Waals surface area contributed by atoms with Crippen molar-refractivity contribution < 1.29 is 0 Å². The summed E-state index contributed by atoms with van der Waals surface area (Å²) < 4.78 is 0. The quantitative estimate of drug-likeness (QED) is 0.229. The predicted octanol–water partition coefficient (Wildman–Crippen LogP) is 8.07. The molecule has 0 saturated heterocycles. The fraction of sp³-hybridized carbons (Fsp3) is 0.840. The molecule has 0 fully saturated rings. The van der Waals surface area contributed by atoms with E-state index in [2.05, 4.69) is 66.8 Å². The Morgan fingerprint density at radius 2 is 1.62 bits per heavy atom. The van der Waals surface area contributed by atoms with E-state index < -0.39 is 0 Å². The molecule has 154 valence electrons. The number of rotatable bonds is 15. The van der Waals surface area contributed by atoms with Crippen LogP contribution >= 0.6 is 0 Å². The normalized spacial score (nSPS) is 17.0. The van der Waals surface area contributed by atoms with Crippen LogP contribution in [0.25, 0.3) is 0 Å². The van der Waals surface area contributed by atoms with Crippen molar-refractivity contribution >= 4 is 0 Å². The highest BCUT2D eigenvalue weighted by atomic mass is 14.9. The molecule has 3 atom stereocenters. The van der Waals surface area contributed by atoms with Gasteiger partial charge in [0.05, 0.1) is 0 Å². The molecule has 0 aromatic rings. The van der Waals surface area contributed by atoms with Crippen molar-refractivity contribution in [2.24, 2.45) is 11.8 Å². The first-order chi connectivity index (χ1) is 12.4. The summed E-state index contributed by atoms with van der Waals surface area (Å²) in [5.74, 6) is 1.65. The van der Waals surface area contributed by atoms with Crippen molar-refractivity contribution in [3.8, 4) is 0 Å². The van der Waals surface area contributed by atoms with E-state index in [-0.39, 0.29) is 0 Å². The molecule has 0 radical (unpaired) electrons. The molecule has 0 aliphatic rings. The second-order valence-corrected chi connectivity index (χ2v) is 8.48. The maximum atomic E-state index is 3.85. The molecule has 0 aliphatic heterocycles. The number of hydrogen-bond acceptors (Lipinski definition) is 1. The molecule has 0 spiro atoms.